The molecule has 7 heteroatoms. The molecule has 5 nitrogen and oxygen atoms in total. The van der Waals surface area contributed by atoms with Crippen molar-refractivity contribution in [3.63, 3.8) is 0 Å². The van der Waals surface area contributed by atoms with Gasteiger partial charge < -0.3 is 15.2 Å². The lowest BCUT2D eigenvalue weighted by Gasteiger charge is -2.09. The van der Waals surface area contributed by atoms with E-state index < -0.39 is 0 Å². The lowest BCUT2D eigenvalue weighted by Crippen LogP contribution is -2.31. The number of carbonyl (C=O) groups excluding carboxylic acids is 1. The number of likely N-dealkylation sites (N-methyl/N-ethyl adjacent to an activating group) is 1. The molecule has 0 bridgehead atoms. The SMILES string of the molecule is CNCC(=O)NCc1ccc(-n2ccnc2C)c(F)c1.Cl. The van der Waals surface area contributed by atoms with Crippen LogP contribution in [0, 0.1) is 12.7 Å². The zero-order valence-electron chi connectivity index (χ0n) is 11.9. The first-order chi connectivity index (χ1) is 9.61. The zero-order valence-corrected chi connectivity index (χ0v) is 12.7. The fourth-order valence-corrected chi connectivity index (χ4v) is 1.91. The number of benzene rings is 1. The second-order valence-corrected chi connectivity index (χ2v) is 4.44. The summed E-state index contributed by atoms with van der Waals surface area (Å²) in [5.41, 5.74) is 1.17. The Morgan fingerprint density at radius 3 is 2.76 bits per heavy atom. The summed E-state index contributed by atoms with van der Waals surface area (Å²) in [7, 11) is 1.70. The van der Waals surface area contributed by atoms with Crippen molar-refractivity contribution < 1.29 is 9.18 Å². The Morgan fingerprint density at radius 2 is 2.19 bits per heavy atom. The average molecular weight is 313 g/mol. The van der Waals surface area contributed by atoms with Crippen LogP contribution in [0.5, 0.6) is 0 Å². The normalized spacial score (nSPS) is 10.0. The van der Waals surface area contributed by atoms with Crippen molar-refractivity contribution in [1.82, 2.24) is 20.2 Å². The Labute approximate surface area is 129 Å². The Balaban J connectivity index is 0.00000220. The van der Waals surface area contributed by atoms with Crippen LogP contribution < -0.4 is 10.6 Å². The number of aryl methyl sites for hydroxylation is 1. The number of halogens is 2. The Hall–Kier alpha value is -1.92. The van der Waals surface area contributed by atoms with Gasteiger partial charge in [0.15, 0.2) is 0 Å². The highest BCUT2D eigenvalue weighted by atomic mass is 35.5. The Bertz CT molecular complexity index is 615. The molecule has 0 aliphatic heterocycles. The maximum atomic E-state index is 14.1. The van der Waals surface area contributed by atoms with Gasteiger partial charge in [-0.2, -0.15) is 0 Å². The third kappa shape index (κ3) is 4.27. The van der Waals surface area contributed by atoms with Crippen molar-refractivity contribution in [2.24, 2.45) is 0 Å². The maximum absolute atomic E-state index is 14.1. The van der Waals surface area contributed by atoms with Crippen molar-refractivity contribution in [2.45, 2.75) is 13.5 Å². The largest absolute Gasteiger partial charge is 0.351 e. The van der Waals surface area contributed by atoms with Crippen LogP contribution in [0.25, 0.3) is 5.69 Å². The standard InChI is InChI=1S/C14H17FN4O.ClH/c1-10-17-5-6-19(10)13-4-3-11(7-12(13)15)8-18-14(20)9-16-2;/h3-7,16H,8-9H2,1-2H3,(H,18,20);1H. The number of rotatable bonds is 5. The molecular formula is C14H18ClFN4O. The fourth-order valence-electron chi connectivity index (χ4n) is 1.91. The van der Waals surface area contributed by atoms with Crippen molar-refractivity contribution in [1.29, 1.82) is 0 Å². The van der Waals surface area contributed by atoms with E-state index in [2.05, 4.69) is 15.6 Å². The van der Waals surface area contributed by atoms with Gasteiger partial charge in [-0.25, -0.2) is 9.37 Å². The summed E-state index contributed by atoms with van der Waals surface area (Å²) in [6.45, 7) is 2.36. The lowest BCUT2D eigenvalue weighted by molar-refractivity contribution is -0.120. The number of nitrogens with one attached hydrogen (secondary N) is 2. The minimum atomic E-state index is -0.341. The van der Waals surface area contributed by atoms with Crippen LogP contribution in [0.2, 0.25) is 0 Å². The minimum Gasteiger partial charge on any atom is -0.351 e. The van der Waals surface area contributed by atoms with Gasteiger partial charge in [0.25, 0.3) is 0 Å². The van der Waals surface area contributed by atoms with Gasteiger partial charge in [-0.15, -0.1) is 12.4 Å². The van der Waals surface area contributed by atoms with Crippen molar-refractivity contribution in [3.05, 3.63) is 47.8 Å². The van der Waals surface area contributed by atoms with E-state index >= 15 is 0 Å². The number of nitrogens with zero attached hydrogens (tertiary/aromatic N) is 2. The van der Waals surface area contributed by atoms with Crippen molar-refractivity contribution >= 4 is 18.3 Å². The van der Waals surface area contributed by atoms with E-state index in [-0.39, 0.29) is 30.7 Å². The van der Waals surface area contributed by atoms with Crippen LogP contribution in [-0.2, 0) is 11.3 Å². The summed E-state index contributed by atoms with van der Waals surface area (Å²) in [5, 5.41) is 5.46. The molecule has 1 amide bonds. The van der Waals surface area contributed by atoms with Gasteiger partial charge in [-0.1, -0.05) is 6.07 Å². The average Bonchev–Trinajstić information content (AvgIpc) is 2.83. The molecule has 0 spiro atoms. The van der Waals surface area contributed by atoms with Gasteiger partial charge in [0, 0.05) is 18.9 Å². The van der Waals surface area contributed by atoms with Crippen LogP contribution in [0.1, 0.15) is 11.4 Å². The van der Waals surface area contributed by atoms with E-state index in [0.29, 0.717) is 17.8 Å². The van der Waals surface area contributed by atoms with Gasteiger partial charge in [-0.05, 0) is 31.7 Å². The van der Waals surface area contributed by atoms with E-state index in [9.17, 15) is 9.18 Å². The third-order valence-electron chi connectivity index (χ3n) is 2.92. The number of amides is 1. The first kappa shape index (κ1) is 17.1. The molecule has 0 saturated heterocycles. The second-order valence-electron chi connectivity index (χ2n) is 4.44. The van der Waals surface area contributed by atoms with E-state index in [1.807, 2.05) is 6.92 Å². The molecule has 2 rings (SSSR count). The van der Waals surface area contributed by atoms with E-state index in [4.69, 9.17) is 0 Å². The molecule has 0 aliphatic carbocycles. The first-order valence-corrected chi connectivity index (χ1v) is 6.32. The lowest BCUT2D eigenvalue weighted by atomic mass is 10.2. The molecule has 1 aromatic carbocycles. The van der Waals surface area contributed by atoms with Gasteiger partial charge in [-0.3, -0.25) is 4.79 Å². The highest BCUT2D eigenvalue weighted by molar-refractivity contribution is 5.85. The quantitative estimate of drug-likeness (QED) is 0.881. The molecule has 0 radical (unpaired) electrons. The molecule has 0 saturated carbocycles. The smallest absolute Gasteiger partial charge is 0.234 e. The van der Waals surface area contributed by atoms with Gasteiger partial charge >= 0.3 is 0 Å². The molecule has 2 aromatic rings. The highest BCUT2D eigenvalue weighted by Crippen LogP contribution is 2.16. The van der Waals surface area contributed by atoms with Crippen LogP contribution in [0.4, 0.5) is 4.39 Å². The molecule has 21 heavy (non-hydrogen) atoms. The summed E-state index contributed by atoms with van der Waals surface area (Å²) in [6.07, 6.45) is 3.34. The van der Waals surface area contributed by atoms with E-state index in [1.54, 1.807) is 36.1 Å². The fraction of sp³-hybridized carbons (Fsp3) is 0.286. The minimum absolute atomic E-state index is 0. The molecule has 1 heterocycles. The molecular weight excluding hydrogens is 295 g/mol. The third-order valence-corrected chi connectivity index (χ3v) is 2.92. The summed E-state index contributed by atoms with van der Waals surface area (Å²) in [6, 6.07) is 4.90. The van der Waals surface area contributed by atoms with E-state index in [1.165, 1.54) is 6.07 Å². The van der Waals surface area contributed by atoms with Gasteiger partial charge in [0.05, 0.1) is 12.2 Å². The summed E-state index contributed by atoms with van der Waals surface area (Å²) in [5.74, 6) is 0.257. The van der Waals surface area contributed by atoms with Crippen LogP contribution in [0.15, 0.2) is 30.6 Å². The van der Waals surface area contributed by atoms with Crippen molar-refractivity contribution in [3.8, 4) is 5.69 Å². The molecule has 114 valence electrons. The summed E-state index contributed by atoms with van der Waals surface area (Å²) in [4.78, 5) is 15.4. The monoisotopic (exact) mass is 312 g/mol. The number of aromatic nitrogens is 2. The number of imidazole rings is 1. The predicted molar refractivity (Wildman–Crippen MR) is 81.3 cm³/mol. The number of hydrogen-bond donors (Lipinski definition) is 2. The molecule has 0 unspecified atom stereocenters. The summed E-state index contributed by atoms with van der Waals surface area (Å²) >= 11 is 0. The molecule has 1 aromatic heterocycles. The molecule has 0 atom stereocenters. The Morgan fingerprint density at radius 1 is 1.43 bits per heavy atom. The first-order valence-electron chi connectivity index (χ1n) is 6.32. The number of carbonyl (C=O) groups is 1. The van der Waals surface area contributed by atoms with Crippen molar-refractivity contribution in [2.75, 3.05) is 13.6 Å². The van der Waals surface area contributed by atoms with E-state index in [0.717, 1.165) is 5.82 Å². The second kappa shape index (κ2) is 7.75. The Kier molecular flexibility index (Phi) is 6.33. The van der Waals surface area contributed by atoms with Crippen LogP contribution in [0.3, 0.4) is 0 Å². The zero-order chi connectivity index (χ0) is 14.5. The summed E-state index contributed by atoms with van der Waals surface area (Å²) < 4.78 is 15.8. The molecule has 0 fully saturated rings. The number of hydrogen-bond acceptors (Lipinski definition) is 3. The van der Waals surface area contributed by atoms with Gasteiger partial charge in [0.1, 0.15) is 11.6 Å². The topological polar surface area (TPSA) is 59.0 Å². The van der Waals surface area contributed by atoms with Crippen LogP contribution >= 0.6 is 12.4 Å². The predicted octanol–water partition coefficient (Wildman–Crippen LogP) is 1.58. The molecule has 0 aliphatic rings. The van der Waals surface area contributed by atoms with Crippen LogP contribution in [-0.4, -0.2) is 29.1 Å². The maximum Gasteiger partial charge on any atom is 0.234 e. The highest BCUT2D eigenvalue weighted by Gasteiger charge is 2.08. The molecule has 2 N–H and O–H groups in total. The van der Waals surface area contributed by atoms with Gasteiger partial charge in [0.2, 0.25) is 5.91 Å².